The van der Waals surface area contributed by atoms with Crippen molar-refractivity contribution in [1.29, 1.82) is 0 Å². The standard InChI is InChI=1S/C10H12N2O7/c13-3-5-7(16)8(17)9(19-5)11-2-1-6(15)12(4-14)10(11)18/h1-2,4-5,7-9,13,16-17H,3H2/t5-,7-,8-,9-/m1/s1. The zero-order chi connectivity index (χ0) is 14.2. The second kappa shape index (κ2) is 5.05. The first-order valence-electron chi connectivity index (χ1n) is 5.42. The van der Waals surface area contributed by atoms with Crippen LogP contribution in [0.25, 0.3) is 0 Å². The van der Waals surface area contributed by atoms with E-state index in [2.05, 4.69) is 0 Å². The highest BCUT2D eigenvalue weighted by atomic mass is 16.6. The van der Waals surface area contributed by atoms with Crippen LogP contribution in [0.5, 0.6) is 0 Å². The SMILES string of the molecule is O=Cn1c(=O)ccn([C@@H]2O[C@H](CO)[C@@H](O)[C@H]2O)c1=O. The van der Waals surface area contributed by atoms with Gasteiger partial charge in [0.15, 0.2) is 6.23 Å². The van der Waals surface area contributed by atoms with Crippen LogP contribution in [0.1, 0.15) is 6.23 Å². The summed E-state index contributed by atoms with van der Waals surface area (Å²) in [6.07, 6.45) is -4.09. The Labute approximate surface area is 105 Å². The minimum atomic E-state index is -1.47. The second-order valence-electron chi connectivity index (χ2n) is 4.05. The lowest BCUT2D eigenvalue weighted by atomic mass is 10.1. The number of carbonyl (C=O) groups is 1. The fourth-order valence-corrected chi connectivity index (χ4v) is 1.91. The largest absolute Gasteiger partial charge is 0.394 e. The molecule has 3 N–H and O–H groups in total. The molecule has 19 heavy (non-hydrogen) atoms. The predicted octanol–water partition coefficient (Wildman–Crippen LogP) is -3.34. The molecular formula is C10H12N2O7. The van der Waals surface area contributed by atoms with E-state index in [-0.39, 0.29) is 6.41 Å². The summed E-state index contributed by atoms with van der Waals surface area (Å²) >= 11 is 0. The van der Waals surface area contributed by atoms with Crippen molar-refractivity contribution in [2.24, 2.45) is 0 Å². The van der Waals surface area contributed by atoms with E-state index in [1.54, 1.807) is 0 Å². The average Bonchev–Trinajstić information content (AvgIpc) is 2.67. The van der Waals surface area contributed by atoms with Crippen LogP contribution in [0.2, 0.25) is 0 Å². The minimum absolute atomic E-state index is 0.0441. The van der Waals surface area contributed by atoms with Gasteiger partial charge in [0.05, 0.1) is 6.61 Å². The maximum Gasteiger partial charge on any atom is 0.339 e. The molecule has 1 fully saturated rings. The van der Waals surface area contributed by atoms with Gasteiger partial charge in [-0.05, 0) is 0 Å². The number of rotatable bonds is 3. The highest BCUT2D eigenvalue weighted by Crippen LogP contribution is 2.27. The fraction of sp³-hybridized carbons (Fsp3) is 0.500. The van der Waals surface area contributed by atoms with Crippen LogP contribution in [-0.4, -0.2) is 55.8 Å². The maximum atomic E-state index is 11.8. The van der Waals surface area contributed by atoms with Gasteiger partial charge in [-0.1, -0.05) is 0 Å². The highest BCUT2D eigenvalue weighted by molar-refractivity contribution is 5.50. The summed E-state index contributed by atoms with van der Waals surface area (Å²) < 4.78 is 6.23. The molecule has 0 radical (unpaired) electrons. The third-order valence-corrected chi connectivity index (χ3v) is 2.94. The number of aromatic nitrogens is 2. The molecule has 0 aromatic carbocycles. The van der Waals surface area contributed by atoms with Crippen LogP contribution >= 0.6 is 0 Å². The summed E-state index contributed by atoms with van der Waals surface area (Å²) in [4.78, 5) is 33.7. The van der Waals surface area contributed by atoms with Crippen LogP contribution in [0.3, 0.4) is 0 Å². The Balaban J connectivity index is 2.47. The van der Waals surface area contributed by atoms with Crippen LogP contribution in [0, 0.1) is 0 Å². The molecule has 0 bridgehead atoms. The first-order chi connectivity index (χ1) is 9.01. The van der Waals surface area contributed by atoms with E-state index in [4.69, 9.17) is 9.84 Å². The molecule has 2 heterocycles. The van der Waals surface area contributed by atoms with E-state index < -0.39 is 42.4 Å². The molecule has 104 valence electrons. The molecule has 4 atom stereocenters. The topological polar surface area (TPSA) is 131 Å². The van der Waals surface area contributed by atoms with Gasteiger partial charge in [-0.3, -0.25) is 14.2 Å². The summed E-state index contributed by atoms with van der Waals surface area (Å²) in [7, 11) is 0. The van der Waals surface area contributed by atoms with Crippen LogP contribution in [-0.2, 0) is 9.53 Å². The van der Waals surface area contributed by atoms with Gasteiger partial charge in [0.2, 0.25) is 6.41 Å². The van der Waals surface area contributed by atoms with E-state index in [9.17, 15) is 24.6 Å². The maximum absolute atomic E-state index is 11.8. The van der Waals surface area contributed by atoms with E-state index >= 15 is 0 Å². The van der Waals surface area contributed by atoms with Crippen LogP contribution in [0.15, 0.2) is 21.9 Å². The molecule has 9 heteroatoms. The zero-order valence-corrected chi connectivity index (χ0v) is 9.62. The summed E-state index contributed by atoms with van der Waals surface area (Å²) in [6.45, 7) is -0.545. The molecule has 2 rings (SSSR count). The number of carbonyl (C=O) groups excluding carboxylic acids is 1. The molecule has 1 aromatic heterocycles. The number of ether oxygens (including phenoxy) is 1. The van der Waals surface area contributed by atoms with E-state index in [0.29, 0.717) is 4.57 Å². The van der Waals surface area contributed by atoms with Gasteiger partial charge >= 0.3 is 5.69 Å². The average molecular weight is 272 g/mol. The Morgan fingerprint density at radius 3 is 2.53 bits per heavy atom. The van der Waals surface area contributed by atoms with Crippen LogP contribution < -0.4 is 11.2 Å². The third-order valence-electron chi connectivity index (χ3n) is 2.94. The predicted molar refractivity (Wildman–Crippen MR) is 60.1 cm³/mol. The summed E-state index contributed by atoms with van der Waals surface area (Å²) in [5.41, 5.74) is -1.82. The number of aliphatic hydroxyl groups excluding tert-OH is 3. The second-order valence-corrected chi connectivity index (χ2v) is 4.05. The van der Waals surface area contributed by atoms with Crippen LogP contribution in [0.4, 0.5) is 0 Å². The van der Waals surface area contributed by atoms with Gasteiger partial charge in [-0.2, -0.15) is 4.57 Å². The zero-order valence-electron chi connectivity index (χ0n) is 9.62. The van der Waals surface area contributed by atoms with Gasteiger partial charge in [0.25, 0.3) is 5.56 Å². The monoisotopic (exact) mass is 272 g/mol. The van der Waals surface area contributed by atoms with Crippen molar-refractivity contribution in [2.45, 2.75) is 24.5 Å². The number of nitrogens with zero attached hydrogens (tertiary/aromatic N) is 2. The Morgan fingerprint density at radius 1 is 1.32 bits per heavy atom. The minimum Gasteiger partial charge on any atom is -0.394 e. The van der Waals surface area contributed by atoms with Gasteiger partial charge in [0.1, 0.15) is 18.3 Å². The van der Waals surface area contributed by atoms with Crippen molar-refractivity contribution in [2.75, 3.05) is 6.61 Å². The van der Waals surface area contributed by atoms with Crippen molar-refractivity contribution in [3.63, 3.8) is 0 Å². The molecule has 1 saturated heterocycles. The van der Waals surface area contributed by atoms with Crippen molar-refractivity contribution < 1.29 is 24.9 Å². The van der Waals surface area contributed by atoms with E-state index in [1.165, 1.54) is 0 Å². The molecule has 1 aliphatic heterocycles. The molecule has 0 aliphatic carbocycles. The third kappa shape index (κ3) is 2.12. The summed E-state index contributed by atoms with van der Waals surface area (Å²) in [5, 5.41) is 28.3. The Kier molecular flexibility index (Phi) is 3.62. The Hall–Kier alpha value is -1.81. The van der Waals surface area contributed by atoms with Crippen molar-refractivity contribution in [1.82, 2.24) is 9.13 Å². The Bertz CT molecular complexity index is 592. The van der Waals surface area contributed by atoms with E-state index in [1.807, 2.05) is 0 Å². The summed E-state index contributed by atoms with van der Waals surface area (Å²) in [5.74, 6) is 0. The lowest BCUT2D eigenvalue weighted by Crippen LogP contribution is -2.43. The number of hydrogen-bond acceptors (Lipinski definition) is 7. The lowest BCUT2D eigenvalue weighted by molar-refractivity contribution is -0.0552. The Morgan fingerprint density at radius 2 is 2.00 bits per heavy atom. The van der Waals surface area contributed by atoms with Gasteiger partial charge in [-0.15, -0.1) is 0 Å². The normalized spacial score (nSPS) is 30.5. The van der Waals surface area contributed by atoms with Gasteiger partial charge < -0.3 is 20.1 Å². The van der Waals surface area contributed by atoms with Crippen molar-refractivity contribution in [3.8, 4) is 0 Å². The summed E-state index contributed by atoms with van der Waals surface area (Å²) in [6, 6.07) is 0.949. The van der Waals surface area contributed by atoms with Gasteiger partial charge in [0, 0.05) is 12.3 Å². The molecule has 0 saturated carbocycles. The molecule has 1 aliphatic rings. The molecule has 0 amide bonds. The fourth-order valence-electron chi connectivity index (χ4n) is 1.91. The lowest BCUT2D eigenvalue weighted by Gasteiger charge is -2.17. The van der Waals surface area contributed by atoms with E-state index in [0.717, 1.165) is 16.8 Å². The molecular weight excluding hydrogens is 260 g/mol. The molecule has 1 aromatic rings. The van der Waals surface area contributed by atoms with Crippen molar-refractivity contribution in [3.05, 3.63) is 33.1 Å². The highest BCUT2D eigenvalue weighted by Gasteiger charge is 2.43. The smallest absolute Gasteiger partial charge is 0.339 e. The van der Waals surface area contributed by atoms with Crippen molar-refractivity contribution >= 4 is 6.41 Å². The first kappa shape index (κ1) is 13.6. The molecule has 0 spiro atoms. The molecule has 0 unspecified atom stereocenters. The quantitative estimate of drug-likeness (QED) is 0.490. The van der Waals surface area contributed by atoms with Gasteiger partial charge in [-0.25, -0.2) is 4.79 Å². The first-order valence-corrected chi connectivity index (χ1v) is 5.42. The number of hydrogen-bond donors (Lipinski definition) is 3. The number of aliphatic hydroxyl groups is 3. The molecule has 9 nitrogen and oxygen atoms in total.